The number of aryl methyl sites for hydroxylation is 1. The van der Waals surface area contributed by atoms with Crippen molar-refractivity contribution in [1.82, 2.24) is 15.5 Å². The fourth-order valence-electron chi connectivity index (χ4n) is 2.22. The molecule has 1 amide bonds. The third kappa shape index (κ3) is 4.79. The van der Waals surface area contributed by atoms with Crippen molar-refractivity contribution >= 4 is 5.91 Å². The third-order valence-corrected chi connectivity index (χ3v) is 3.21. The van der Waals surface area contributed by atoms with Crippen LogP contribution in [0.2, 0.25) is 0 Å². The topological polar surface area (TPSA) is 93.0 Å². The monoisotopic (exact) mass is 320 g/mol. The molecule has 0 saturated carbocycles. The molecule has 23 heavy (non-hydrogen) atoms. The van der Waals surface area contributed by atoms with Crippen LogP contribution in [0.1, 0.15) is 28.7 Å². The number of halogens is 1. The molecule has 0 spiro atoms. The Morgan fingerprint density at radius 1 is 1.48 bits per heavy atom. The van der Waals surface area contributed by atoms with Crippen molar-refractivity contribution < 1.29 is 13.9 Å². The zero-order valence-electron chi connectivity index (χ0n) is 13.2. The Labute approximate surface area is 134 Å². The molecule has 0 aliphatic rings. The number of hydrogen-bond acceptors (Lipinski definition) is 4. The maximum absolute atomic E-state index is 13.4. The number of carbonyl (C=O) groups excluding carboxylic acids is 1. The zero-order chi connectivity index (χ0) is 16.8. The van der Waals surface area contributed by atoms with Crippen LogP contribution in [-0.4, -0.2) is 35.3 Å². The van der Waals surface area contributed by atoms with Crippen LogP contribution in [-0.2, 0) is 6.42 Å². The molecule has 0 radical (unpaired) electrons. The Hall–Kier alpha value is -2.41. The van der Waals surface area contributed by atoms with E-state index in [4.69, 9.17) is 10.5 Å². The van der Waals surface area contributed by atoms with Crippen molar-refractivity contribution in [1.29, 1.82) is 0 Å². The summed E-state index contributed by atoms with van der Waals surface area (Å²) in [5, 5.41) is 9.81. The molecule has 1 heterocycles. The lowest BCUT2D eigenvalue weighted by Gasteiger charge is -2.15. The SMILES string of the molecule is Cc1cc(C[C@H](C)NC(=O)c2cc(F)ccc2OCCN)n[nH]1. The Kier molecular flexibility index (Phi) is 5.70. The van der Waals surface area contributed by atoms with Gasteiger partial charge in [0, 0.05) is 24.7 Å². The Morgan fingerprint density at radius 3 is 2.91 bits per heavy atom. The van der Waals surface area contributed by atoms with Gasteiger partial charge in [-0.05, 0) is 38.1 Å². The summed E-state index contributed by atoms with van der Waals surface area (Å²) in [6.07, 6.45) is 0.574. The van der Waals surface area contributed by atoms with Crippen LogP contribution < -0.4 is 15.8 Å². The van der Waals surface area contributed by atoms with Crippen LogP contribution in [0, 0.1) is 12.7 Å². The highest BCUT2D eigenvalue weighted by Gasteiger charge is 2.17. The van der Waals surface area contributed by atoms with Gasteiger partial charge >= 0.3 is 0 Å². The van der Waals surface area contributed by atoms with Crippen molar-refractivity contribution in [3.05, 3.63) is 47.0 Å². The molecule has 6 nitrogen and oxygen atoms in total. The second-order valence-corrected chi connectivity index (χ2v) is 5.40. The van der Waals surface area contributed by atoms with E-state index in [1.165, 1.54) is 12.1 Å². The van der Waals surface area contributed by atoms with Gasteiger partial charge in [-0.2, -0.15) is 5.10 Å². The molecule has 7 heteroatoms. The second kappa shape index (κ2) is 7.73. The minimum absolute atomic E-state index is 0.156. The lowest BCUT2D eigenvalue weighted by Crippen LogP contribution is -2.34. The predicted octanol–water partition coefficient (Wildman–Crippen LogP) is 1.56. The lowest BCUT2D eigenvalue weighted by atomic mass is 10.1. The number of nitrogens with one attached hydrogen (secondary N) is 2. The van der Waals surface area contributed by atoms with Crippen molar-refractivity contribution in [3.63, 3.8) is 0 Å². The largest absolute Gasteiger partial charge is 0.491 e. The van der Waals surface area contributed by atoms with Crippen molar-refractivity contribution in [2.75, 3.05) is 13.2 Å². The number of aromatic amines is 1. The molecule has 1 aromatic heterocycles. The first-order chi connectivity index (χ1) is 11.0. The molecule has 4 N–H and O–H groups in total. The second-order valence-electron chi connectivity index (χ2n) is 5.40. The molecule has 0 aliphatic heterocycles. The number of nitrogens with two attached hydrogens (primary N) is 1. The van der Waals surface area contributed by atoms with Crippen molar-refractivity contribution in [2.45, 2.75) is 26.3 Å². The number of nitrogens with zero attached hydrogens (tertiary/aromatic N) is 1. The van der Waals surface area contributed by atoms with Crippen molar-refractivity contribution in [2.24, 2.45) is 5.73 Å². The molecule has 0 aliphatic carbocycles. The minimum atomic E-state index is -0.495. The Bertz CT molecular complexity index is 672. The molecular formula is C16H21FN4O2. The highest BCUT2D eigenvalue weighted by atomic mass is 19.1. The fraction of sp³-hybridized carbons (Fsp3) is 0.375. The summed E-state index contributed by atoms with van der Waals surface area (Å²) in [5.74, 6) is -0.570. The van der Waals surface area contributed by atoms with Gasteiger partial charge in [0.2, 0.25) is 0 Å². The summed E-state index contributed by atoms with van der Waals surface area (Å²) in [6.45, 7) is 4.34. The number of H-pyrrole nitrogens is 1. The summed E-state index contributed by atoms with van der Waals surface area (Å²) < 4.78 is 18.8. The van der Waals surface area contributed by atoms with Gasteiger partial charge in [0.25, 0.3) is 5.91 Å². The smallest absolute Gasteiger partial charge is 0.255 e. The molecular weight excluding hydrogens is 299 g/mol. The molecule has 0 fully saturated rings. The van der Waals surface area contributed by atoms with E-state index in [0.717, 1.165) is 17.5 Å². The molecule has 2 rings (SSSR count). The first-order valence-electron chi connectivity index (χ1n) is 7.43. The van der Waals surface area contributed by atoms with Crippen LogP contribution in [0.15, 0.2) is 24.3 Å². The quantitative estimate of drug-likeness (QED) is 0.722. The molecule has 1 atom stereocenters. The normalized spacial score (nSPS) is 12.0. The highest BCUT2D eigenvalue weighted by Crippen LogP contribution is 2.20. The van der Waals surface area contributed by atoms with Gasteiger partial charge in [0.1, 0.15) is 18.2 Å². The number of rotatable bonds is 7. The molecule has 0 bridgehead atoms. The number of aromatic nitrogens is 2. The van der Waals surface area contributed by atoms with Gasteiger partial charge < -0.3 is 15.8 Å². The first-order valence-corrected chi connectivity index (χ1v) is 7.43. The van der Waals surface area contributed by atoms with Crippen LogP contribution in [0.5, 0.6) is 5.75 Å². The van der Waals surface area contributed by atoms with Gasteiger partial charge in [0.15, 0.2) is 0 Å². The van der Waals surface area contributed by atoms with Crippen LogP contribution in [0.25, 0.3) is 0 Å². The molecule has 0 saturated heterocycles. The highest BCUT2D eigenvalue weighted by molar-refractivity contribution is 5.97. The van der Waals surface area contributed by atoms with E-state index in [0.29, 0.717) is 18.7 Å². The summed E-state index contributed by atoms with van der Waals surface area (Å²) in [5.41, 5.74) is 7.36. The van der Waals surface area contributed by atoms with Crippen LogP contribution >= 0.6 is 0 Å². The summed E-state index contributed by atoms with van der Waals surface area (Å²) in [4.78, 5) is 12.4. The van der Waals surface area contributed by atoms with E-state index >= 15 is 0 Å². The van der Waals surface area contributed by atoms with E-state index < -0.39 is 11.7 Å². The molecule has 124 valence electrons. The van der Waals surface area contributed by atoms with Crippen LogP contribution in [0.3, 0.4) is 0 Å². The Morgan fingerprint density at radius 2 is 2.26 bits per heavy atom. The standard InChI is InChI=1S/C16H21FN4O2/c1-10(7-13-8-11(2)20-21-13)19-16(22)14-9-12(17)3-4-15(14)23-6-5-18/h3-4,8-10H,5-7,18H2,1-2H3,(H,19,22)(H,20,21)/t10-/m0/s1. The van der Waals surface area contributed by atoms with Gasteiger partial charge in [0.05, 0.1) is 11.3 Å². The van der Waals surface area contributed by atoms with Crippen molar-refractivity contribution in [3.8, 4) is 5.75 Å². The van der Waals surface area contributed by atoms with E-state index in [-0.39, 0.29) is 18.2 Å². The fourth-order valence-corrected chi connectivity index (χ4v) is 2.22. The maximum atomic E-state index is 13.4. The summed E-state index contributed by atoms with van der Waals surface area (Å²) >= 11 is 0. The van der Waals surface area contributed by atoms with Gasteiger partial charge in [-0.25, -0.2) is 4.39 Å². The van der Waals surface area contributed by atoms with Gasteiger partial charge in [-0.15, -0.1) is 0 Å². The van der Waals surface area contributed by atoms with E-state index in [1.54, 1.807) is 0 Å². The lowest BCUT2D eigenvalue weighted by molar-refractivity contribution is 0.0935. The predicted molar refractivity (Wildman–Crippen MR) is 84.9 cm³/mol. The molecule has 0 unspecified atom stereocenters. The zero-order valence-corrected chi connectivity index (χ0v) is 13.2. The summed E-state index contributed by atoms with van der Waals surface area (Å²) in [7, 11) is 0. The molecule has 2 aromatic rings. The van der Waals surface area contributed by atoms with E-state index in [1.807, 2.05) is 19.9 Å². The number of hydrogen-bond donors (Lipinski definition) is 3. The average molecular weight is 320 g/mol. The average Bonchev–Trinajstić information content (AvgIpc) is 2.90. The number of ether oxygens (including phenoxy) is 1. The molecule has 1 aromatic carbocycles. The number of benzene rings is 1. The van der Waals surface area contributed by atoms with Crippen LogP contribution in [0.4, 0.5) is 4.39 Å². The third-order valence-electron chi connectivity index (χ3n) is 3.21. The number of carbonyl (C=O) groups is 1. The maximum Gasteiger partial charge on any atom is 0.255 e. The Balaban J connectivity index is 2.05. The minimum Gasteiger partial charge on any atom is -0.491 e. The summed E-state index contributed by atoms with van der Waals surface area (Å²) in [6, 6.07) is 5.60. The van der Waals surface area contributed by atoms with E-state index in [2.05, 4.69) is 15.5 Å². The number of amides is 1. The van der Waals surface area contributed by atoms with Gasteiger partial charge in [-0.1, -0.05) is 0 Å². The van der Waals surface area contributed by atoms with E-state index in [9.17, 15) is 9.18 Å². The van der Waals surface area contributed by atoms with Gasteiger partial charge in [-0.3, -0.25) is 9.89 Å². The first kappa shape index (κ1) is 17.0.